The van der Waals surface area contributed by atoms with Crippen molar-refractivity contribution in [3.8, 4) is 0 Å². The SMILES string of the molecule is CC(C)[C@H](C)OCCN1CCC(N2CCC(C(C)(C)C)CC2)CC1. The van der Waals surface area contributed by atoms with Crippen molar-refractivity contribution in [2.75, 3.05) is 39.3 Å². The fourth-order valence-corrected chi connectivity index (χ4v) is 4.20. The Labute approximate surface area is 151 Å². The number of piperidine rings is 2. The Hall–Kier alpha value is -0.120. The van der Waals surface area contributed by atoms with Gasteiger partial charge in [-0.25, -0.2) is 0 Å². The zero-order valence-corrected chi connectivity index (χ0v) is 17.2. The van der Waals surface area contributed by atoms with Crippen LogP contribution in [-0.2, 0) is 4.74 Å². The monoisotopic (exact) mass is 338 g/mol. The van der Waals surface area contributed by atoms with Crippen molar-refractivity contribution in [2.24, 2.45) is 17.3 Å². The number of likely N-dealkylation sites (tertiary alicyclic amines) is 2. The fraction of sp³-hybridized carbons (Fsp3) is 1.00. The van der Waals surface area contributed by atoms with Crippen LogP contribution in [0.3, 0.4) is 0 Å². The predicted molar refractivity (Wildman–Crippen MR) is 103 cm³/mol. The first kappa shape index (κ1) is 20.2. The molecule has 3 nitrogen and oxygen atoms in total. The molecule has 2 fully saturated rings. The highest BCUT2D eigenvalue weighted by atomic mass is 16.5. The molecule has 1 atom stereocenters. The van der Waals surface area contributed by atoms with Gasteiger partial charge in [0, 0.05) is 12.6 Å². The van der Waals surface area contributed by atoms with Gasteiger partial charge in [-0.1, -0.05) is 34.6 Å². The summed E-state index contributed by atoms with van der Waals surface area (Å²) in [7, 11) is 0. The molecular formula is C21H42N2O. The normalized spacial score (nSPS) is 24.6. The maximum atomic E-state index is 5.94. The summed E-state index contributed by atoms with van der Waals surface area (Å²) in [5.41, 5.74) is 0.489. The van der Waals surface area contributed by atoms with Crippen molar-refractivity contribution in [2.45, 2.75) is 79.4 Å². The Morgan fingerprint density at radius 1 is 0.917 bits per heavy atom. The second-order valence-corrected chi connectivity index (χ2v) is 9.57. The average molecular weight is 339 g/mol. The van der Waals surface area contributed by atoms with E-state index in [-0.39, 0.29) is 0 Å². The molecule has 24 heavy (non-hydrogen) atoms. The van der Waals surface area contributed by atoms with Crippen molar-refractivity contribution in [3.05, 3.63) is 0 Å². The van der Waals surface area contributed by atoms with Gasteiger partial charge in [0.2, 0.25) is 0 Å². The number of rotatable bonds is 6. The van der Waals surface area contributed by atoms with Crippen LogP contribution in [0.25, 0.3) is 0 Å². The molecule has 0 bridgehead atoms. The molecule has 0 aromatic heterocycles. The molecule has 2 heterocycles. The lowest BCUT2D eigenvalue weighted by Gasteiger charge is -2.44. The van der Waals surface area contributed by atoms with Crippen LogP contribution in [0, 0.1) is 17.3 Å². The maximum Gasteiger partial charge on any atom is 0.0597 e. The van der Waals surface area contributed by atoms with Crippen LogP contribution in [0.4, 0.5) is 0 Å². The van der Waals surface area contributed by atoms with Crippen LogP contribution >= 0.6 is 0 Å². The quantitative estimate of drug-likeness (QED) is 0.719. The van der Waals surface area contributed by atoms with Crippen LogP contribution in [-0.4, -0.2) is 61.3 Å². The lowest BCUT2D eigenvalue weighted by Crippen LogP contribution is -2.49. The highest BCUT2D eigenvalue weighted by Crippen LogP contribution is 2.35. The van der Waals surface area contributed by atoms with Gasteiger partial charge in [0.15, 0.2) is 0 Å². The van der Waals surface area contributed by atoms with Gasteiger partial charge < -0.3 is 14.5 Å². The number of hydrogen-bond donors (Lipinski definition) is 0. The van der Waals surface area contributed by atoms with Gasteiger partial charge in [-0.05, 0) is 76.0 Å². The third-order valence-electron chi connectivity index (χ3n) is 6.55. The Balaban J connectivity index is 1.63. The van der Waals surface area contributed by atoms with E-state index in [1.54, 1.807) is 0 Å². The standard InChI is InChI=1S/C21H42N2O/c1-17(2)18(3)24-16-15-22-11-9-20(10-12-22)23-13-7-19(8-14-23)21(4,5)6/h17-20H,7-16H2,1-6H3/t18-/m0/s1. The van der Waals surface area contributed by atoms with E-state index < -0.39 is 0 Å². The zero-order valence-electron chi connectivity index (χ0n) is 17.2. The van der Waals surface area contributed by atoms with Crippen LogP contribution in [0.15, 0.2) is 0 Å². The van der Waals surface area contributed by atoms with E-state index in [2.05, 4.69) is 51.3 Å². The molecule has 2 rings (SSSR count). The molecule has 2 aliphatic heterocycles. The first-order chi connectivity index (χ1) is 11.3. The van der Waals surface area contributed by atoms with Gasteiger partial charge >= 0.3 is 0 Å². The molecule has 2 saturated heterocycles. The van der Waals surface area contributed by atoms with E-state index in [4.69, 9.17) is 4.74 Å². The van der Waals surface area contributed by atoms with Gasteiger partial charge in [0.25, 0.3) is 0 Å². The minimum atomic E-state index is 0.381. The van der Waals surface area contributed by atoms with Crippen molar-refractivity contribution in [3.63, 3.8) is 0 Å². The Kier molecular flexibility index (Phi) is 7.58. The third-order valence-corrected chi connectivity index (χ3v) is 6.55. The second-order valence-electron chi connectivity index (χ2n) is 9.57. The molecule has 142 valence electrons. The van der Waals surface area contributed by atoms with Gasteiger partial charge in [-0.3, -0.25) is 0 Å². The van der Waals surface area contributed by atoms with Crippen LogP contribution in [0.2, 0.25) is 0 Å². The van der Waals surface area contributed by atoms with Gasteiger partial charge in [0.1, 0.15) is 0 Å². The first-order valence-electron chi connectivity index (χ1n) is 10.4. The molecule has 0 spiro atoms. The van der Waals surface area contributed by atoms with E-state index >= 15 is 0 Å². The van der Waals surface area contributed by atoms with Crippen molar-refractivity contribution in [1.82, 2.24) is 9.80 Å². The van der Waals surface area contributed by atoms with Crippen molar-refractivity contribution >= 4 is 0 Å². The number of ether oxygens (including phenoxy) is 1. The molecule has 0 N–H and O–H groups in total. The van der Waals surface area contributed by atoms with E-state index in [1.165, 1.54) is 51.9 Å². The van der Waals surface area contributed by atoms with E-state index in [0.29, 0.717) is 17.4 Å². The molecular weight excluding hydrogens is 296 g/mol. The molecule has 0 aromatic rings. The Bertz CT molecular complexity index is 347. The van der Waals surface area contributed by atoms with Gasteiger partial charge in [-0.15, -0.1) is 0 Å². The molecule has 3 heteroatoms. The van der Waals surface area contributed by atoms with Crippen LogP contribution in [0.1, 0.15) is 67.2 Å². The maximum absolute atomic E-state index is 5.94. The summed E-state index contributed by atoms with van der Waals surface area (Å²) in [6.45, 7) is 21.0. The summed E-state index contributed by atoms with van der Waals surface area (Å²) < 4.78 is 5.94. The summed E-state index contributed by atoms with van der Waals surface area (Å²) in [6, 6.07) is 0.831. The zero-order chi connectivity index (χ0) is 17.7. The Morgan fingerprint density at radius 3 is 2.00 bits per heavy atom. The Morgan fingerprint density at radius 2 is 1.50 bits per heavy atom. The highest BCUT2D eigenvalue weighted by molar-refractivity contribution is 4.86. The summed E-state index contributed by atoms with van der Waals surface area (Å²) in [6.07, 6.45) is 5.86. The molecule has 2 aliphatic rings. The van der Waals surface area contributed by atoms with E-state index in [9.17, 15) is 0 Å². The van der Waals surface area contributed by atoms with Gasteiger partial charge in [0.05, 0.1) is 12.7 Å². The van der Waals surface area contributed by atoms with Gasteiger partial charge in [-0.2, -0.15) is 0 Å². The van der Waals surface area contributed by atoms with Crippen molar-refractivity contribution < 1.29 is 4.74 Å². The summed E-state index contributed by atoms with van der Waals surface area (Å²) in [5.74, 6) is 1.53. The smallest absolute Gasteiger partial charge is 0.0597 e. The highest BCUT2D eigenvalue weighted by Gasteiger charge is 2.32. The van der Waals surface area contributed by atoms with Crippen LogP contribution in [0.5, 0.6) is 0 Å². The average Bonchev–Trinajstić information content (AvgIpc) is 2.54. The number of hydrogen-bond acceptors (Lipinski definition) is 3. The van der Waals surface area contributed by atoms with E-state index in [1.807, 2.05) is 0 Å². The molecule has 0 radical (unpaired) electrons. The minimum absolute atomic E-state index is 0.381. The lowest BCUT2D eigenvalue weighted by molar-refractivity contribution is 0.00982. The van der Waals surface area contributed by atoms with Crippen LogP contribution < -0.4 is 0 Å². The fourth-order valence-electron chi connectivity index (χ4n) is 4.20. The summed E-state index contributed by atoms with van der Waals surface area (Å²) in [5, 5.41) is 0. The largest absolute Gasteiger partial charge is 0.377 e. The molecule has 0 aromatic carbocycles. The van der Waals surface area contributed by atoms with E-state index in [0.717, 1.165) is 25.1 Å². The predicted octanol–water partition coefficient (Wildman–Crippen LogP) is 4.27. The molecule has 0 unspecified atom stereocenters. The molecule has 0 aliphatic carbocycles. The number of nitrogens with zero attached hydrogens (tertiary/aromatic N) is 2. The molecule has 0 saturated carbocycles. The third kappa shape index (κ3) is 6.00. The summed E-state index contributed by atoms with van der Waals surface area (Å²) in [4.78, 5) is 5.39. The first-order valence-corrected chi connectivity index (χ1v) is 10.4. The van der Waals surface area contributed by atoms with Crippen molar-refractivity contribution in [1.29, 1.82) is 0 Å². The molecule has 0 amide bonds. The lowest BCUT2D eigenvalue weighted by atomic mass is 9.75. The second kappa shape index (κ2) is 9.00. The topological polar surface area (TPSA) is 15.7 Å². The summed E-state index contributed by atoms with van der Waals surface area (Å²) >= 11 is 0. The minimum Gasteiger partial charge on any atom is -0.377 e.